The van der Waals surface area contributed by atoms with Crippen molar-refractivity contribution in [2.24, 2.45) is 17.1 Å². The van der Waals surface area contributed by atoms with Gasteiger partial charge in [0, 0.05) is 19.8 Å². The van der Waals surface area contributed by atoms with Crippen molar-refractivity contribution in [3.05, 3.63) is 0 Å². The van der Waals surface area contributed by atoms with Crippen LogP contribution in [0.4, 0.5) is 0 Å². The molecule has 0 aliphatic rings. The van der Waals surface area contributed by atoms with Crippen LogP contribution in [0, 0.1) is 11.3 Å². The Hall–Kier alpha value is -0.610. The Bertz CT molecular complexity index is 219. The maximum absolute atomic E-state index is 12.1. The summed E-state index contributed by atoms with van der Waals surface area (Å²) in [5, 5.41) is 0. The zero-order valence-corrected chi connectivity index (χ0v) is 11.6. The van der Waals surface area contributed by atoms with E-state index in [4.69, 9.17) is 15.2 Å². The van der Waals surface area contributed by atoms with Crippen molar-refractivity contribution in [3.8, 4) is 0 Å². The molecule has 4 nitrogen and oxygen atoms in total. The fourth-order valence-electron chi connectivity index (χ4n) is 1.96. The monoisotopic (exact) mass is 245 g/mol. The summed E-state index contributed by atoms with van der Waals surface area (Å²) in [6.45, 7) is 9.92. The quantitative estimate of drug-likeness (QED) is 0.498. The third-order valence-corrected chi connectivity index (χ3v) is 3.27. The average molecular weight is 245 g/mol. The van der Waals surface area contributed by atoms with Crippen LogP contribution < -0.4 is 5.73 Å². The van der Waals surface area contributed by atoms with Gasteiger partial charge in [-0.3, -0.25) is 4.79 Å². The lowest BCUT2D eigenvalue weighted by molar-refractivity contribution is -0.158. The topological polar surface area (TPSA) is 61.5 Å². The molecule has 4 heteroatoms. The Morgan fingerprint density at radius 1 is 1.29 bits per heavy atom. The molecule has 0 aromatic heterocycles. The molecule has 0 saturated carbocycles. The number of hydrogen-bond acceptors (Lipinski definition) is 4. The van der Waals surface area contributed by atoms with Crippen LogP contribution >= 0.6 is 0 Å². The summed E-state index contributed by atoms with van der Waals surface area (Å²) in [6.07, 6.45) is 1.56. The van der Waals surface area contributed by atoms with E-state index in [1.54, 1.807) is 0 Å². The molecule has 0 aliphatic heterocycles. The second-order valence-electron chi connectivity index (χ2n) is 4.54. The van der Waals surface area contributed by atoms with Gasteiger partial charge in [-0.1, -0.05) is 13.8 Å². The van der Waals surface area contributed by atoms with Gasteiger partial charge in [0.05, 0.1) is 12.0 Å². The highest BCUT2D eigenvalue weighted by atomic mass is 16.5. The minimum Gasteiger partial charge on any atom is -0.466 e. The standard InChI is InChI=1S/C13H27NO3/c1-5-16-9-7-8-13(10-14,11(3)4)12(15)17-6-2/h11H,5-10,14H2,1-4H3. The van der Waals surface area contributed by atoms with Crippen molar-refractivity contribution in [1.29, 1.82) is 0 Å². The fourth-order valence-corrected chi connectivity index (χ4v) is 1.96. The number of carbonyl (C=O) groups is 1. The normalized spacial score (nSPS) is 14.7. The molecule has 0 aromatic carbocycles. The van der Waals surface area contributed by atoms with Crippen LogP contribution in [-0.2, 0) is 14.3 Å². The number of ether oxygens (including phenoxy) is 2. The summed E-state index contributed by atoms with van der Waals surface area (Å²) in [4.78, 5) is 12.1. The largest absolute Gasteiger partial charge is 0.466 e. The van der Waals surface area contributed by atoms with Crippen molar-refractivity contribution in [1.82, 2.24) is 0 Å². The third-order valence-electron chi connectivity index (χ3n) is 3.27. The zero-order valence-electron chi connectivity index (χ0n) is 11.6. The van der Waals surface area contributed by atoms with Crippen LogP contribution in [-0.4, -0.2) is 32.3 Å². The highest BCUT2D eigenvalue weighted by Gasteiger charge is 2.41. The summed E-state index contributed by atoms with van der Waals surface area (Å²) < 4.78 is 10.5. The molecule has 0 amide bonds. The molecule has 0 aliphatic carbocycles. The van der Waals surface area contributed by atoms with Crippen LogP contribution in [0.2, 0.25) is 0 Å². The molecule has 0 spiro atoms. The number of esters is 1. The van der Waals surface area contributed by atoms with Crippen molar-refractivity contribution in [2.45, 2.75) is 40.5 Å². The van der Waals surface area contributed by atoms with Gasteiger partial charge >= 0.3 is 5.97 Å². The average Bonchev–Trinajstić information content (AvgIpc) is 2.29. The van der Waals surface area contributed by atoms with E-state index in [0.29, 0.717) is 26.4 Å². The van der Waals surface area contributed by atoms with Gasteiger partial charge in [-0.15, -0.1) is 0 Å². The Morgan fingerprint density at radius 2 is 1.94 bits per heavy atom. The summed E-state index contributed by atoms with van der Waals surface area (Å²) in [5.74, 6) is 0.00201. The summed E-state index contributed by atoms with van der Waals surface area (Å²) >= 11 is 0. The number of rotatable bonds is 9. The summed E-state index contributed by atoms with van der Waals surface area (Å²) in [5.41, 5.74) is 5.25. The molecule has 1 unspecified atom stereocenters. The van der Waals surface area contributed by atoms with Gasteiger partial charge in [0.15, 0.2) is 0 Å². The predicted molar refractivity (Wildman–Crippen MR) is 68.7 cm³/mol. The van der Waals surface area contributed by atoms with E-state index >= 15 is 0 Å². The van der Waals surface area contributed by atoms with Gasteiger partial charge in [-0.2, -0.15) is 0 Å². The second kappa shape index (κ2) is 8.48. The third kappa shape index (κ3) is 4.64. The zero-order chi connectivity index (χ0) is 13.3. The van der Waals surface area contributed by atoms with Gasteiger partial charge in [0.25, 0.3) is 0 Å². The molecule has 0 bridgehead atoms. The molecular formula is C13H27NO3. The lowest BCUT2D eigenvalue weighted by Gasteiger charge is -2.33. The van der Waals surface area contributed by atoms with E-state index in [2.05, 4.69) is 0 Å². The smallest absolute Gasteiger partial charge is 0.313 e. The predicted octanol–water partition coefficient (Wildman–Crippen LogP) is 1.97. The minimum absolute atomic E-state index is 0.172. The van der Waals surface area contributed by atoms with E-state index in [1.807, 2.05) is 27.7 Å². The Kier molecular flexibility index (Phi) is 8.17. The van der Waals surface area contributed by atoms with E-state index in [0.717, 1.165) is 12.8 Å². The first-order valence-electron chi connectivity index (χ1n) is 6.50. The van der Waals surface area contributed by atoms with Crippen LogP contribution in [0.25, 0.3) is 0 Å². The Balaban J connectivity index is 4.53. The first-order valence-corrected chi connectivity index (χ1v) is 6.50. The van der Waals surface area contributed by atoms with Gasteiger partial charge in [0.2, 0.25) is 0 Å². The lowest BCUT2D eigenvalue weighted by Crippen LogP contribution is -2.44. The van der Waals surface area contributed by atoms with E-state index < -0.39 is 5.41 Å². The number of carbonyl (C=O) groups excluding carboxylic acids is 1. The first-order chi connectivity index (χ1) is 8.05. The van der Waals surface area contributed by atoms with E-state index in [1.165, 1.54) is 0 Å². The molecular weight excluding hydrogens is 218 g/mol. The van der Waals surface area contributed by atoms with Crippen LogP contribution in [0.15, 0.2) is 0 Å². The first kappa shape index (κ1) is 16.4. The van der Waals surface area contributed by atoms with Gasteiger partial charge in [0.1, 0.15) is 0 Å². The minimum atomic E-state index is -0.562. The molecule has 2 N–H and O–H groups in total. The molecule has 0 aromatic rings. The van der Waals surface area contributed by atoms with Gasteiger partial charge in [-0.25, -0.2) is 0 Å². The highest BCUT2D eigenvalue weighted by Crippen LogP contribution is 2.33. The lowest BCUT2D eigenvalue weighted by atomic mass is 9.73. The number of hydrogen-bond donors (Lipinski definition) is 1. The molecule has 0 saturated heterocycles. The van der Waals surface area contributed by atoms with E-state index in [9.17, 15) is 4.79 Å². The van der Waals surface area contributed by atoms with Crippen LogP contribution in [0.1, 0.15) is 40.5 Å². The molecule has 0 rings (SSSR count). The Labute approximate surface area is 105 Å². The molecule has 0 heterocycles. The van der Waals surface area contributed by atoms with Crippen LogP contribution in [0.5, 0.6) is 0 Å². The van der Waals surface area contributed by atoms with E-state index in [-0.39, 0.29) is 11.9 Å². The van der Waals surface area contributed by atoms with Crippen molar-refractivity contribution in [2.75, 3.05) is 26.4 Å². The summed E-state index contributed by atoms with van der Waals surface area (Å²) in [7, 11) is 0. The van der Waals surface area contributed by atoms with Crippen molar-refractivity contribution >= 4 is 5.97 Å². The number of nitrogens with two attached hydrogens (primary N) is 1. The second-order valence-corrected chi connectivity index (χ2v) is 4.54. The SMILES string of the molecule is CCOCCCC(CN)(C(=O)OCC)C(C)C. The fraction of sp³-hybridized carbons (Fsp3) is 0.923. The van der Waals surface area contributed by atoms with Gasteiger partial charge in [-0.05, 0) is 32.6 Å². The van der Waals surface area contributed by atoms with Crippen LogP contribution in [0.3, 0.4) is 0 Å². The molecule has 1 atom stereocenters. The molecule has 17 heavy (non-hydrogen) atoms. The molecule has 102 valence electrons. The van der Waals surface area contributed by atoms with Crippen molar-refractivity contribution < 1.29 is 14.3 Å². The van der Waals surface area contributed by atoms with Crippen molar-refractivity contribution in [3.63, 3.8) is 0 Å². The molecule has 0 radical (unpaired) electrons. The maximum atomic E-state index is 12.1. The highest BCUT2D eigenvalue weighted by molar-refractivity contribution is 5.77. The summed E-state index contributed by atoms with van der Waals surface area (Å²) in [6, 6.07) is 0. The Morgan fingerprint density at radius 3 is 2.35 bits per heavy atom. The maximum Gasteiger partial charge on any atom is 0.313 e. The van der Waals surface area contributed by atoms with Gasteiger partial charge < -0.3 is 15.2 Å². The molecule has 0 fully saturated rings.